The molecule has 1 heterocycles. The van der Waals surface area contributed by atoms with E-state index in [0.717, 1.165) is 12.1 Å². The van der Waals surface area contributed by atoms with Crippen LogP contribution < -0.4 is 5.73 Å². The minimum atomic E-state index is 0.565. The zero-order chi connectivity index (χ0) is 13.0. The molecule has 5 nitrogen and oxygen atoms in total. The fourth-order valence-corrected chi connectivity index (χ4v) is 1.75. The van der Waals surface area contributed by atoms with Gasteiger partial charge in [0.25, 0.3) is 5.89 Å². The number of likely N-dealkylation sites (N-methyl/N-ethyl adjacent to an activating group) is 1. The Kier molecular flexibility index (Phi) is 4.07. The van der Waals surface area contributed by atoms with Gasteiger partial charge < -0.3 is 10.3 Å². The average molecular weight is 246 g/mol. The molecule has 1 aromatic heterocycles. The van der Waals surface area contributed by atoms with Gasteiger partial charge in [-0.3, -0.25) is 4.90 Å². The van der Waals surface area contributed by atoms with E-state index < -0.39 is 0 Å². The Morgan fingerprint density at radius 3 is 2.94 bits per heavy atom. The molecule has 0 aliphatic rings. The van der Waals surface area contributed by atoms with Crippen LogP contribution in [0.25, 0.3) is 11.5 Å². The van der Waals surface area contributed by atoms with E-state index in [-0.39, 0.29) is 0 Å². The number of hydrogen-bond donors (Lipinski definition) is 1. The molecule has 0 aliphatic heterocycles. The van der Waals surface area contributed by atoms with Crippen molar-refractivity contribution in [1.82, 2.24) is 15.0 Å². The van der Waals surface area contributed by atoms with E-state index in [1.54, 1.807) is 0 Å². The Labute approximate surface area is 107 Å². The second-order valence-corrected chi connectivity index (χ2v) is 4.41. The predicted molar refractivity (Wildman–Crippen MR) is 69.9 cm³/mol. The summed E-state index contributed by atoms with van der Waals surface area (Å²) in [4.78, 5) is 6.44. The second kappa shape index (κ2) is 5.75. The van der Waals surface area contributed by atoms with Gasteiger partial charge in [-0.15, -0.1) is 0 Å². The van der Waals surface area contributed by atoms with E-state index in [1.165, 1.54) is 5.56 Å². The van der Waals surface area contributed by atoms with Crippen molar-refractivity contribution in [2.24, 2.45) is 5.73 Å². The van der Waals surface area contributed by atoms with Crippen molar-refractivity contribution in [2.75, 3.05) is 20.1 Å². The first kappa shape index (κ1) is 12.7. The van der Waals surface area contributed by atoms with Crippen LogP contribution in [0.5, 0.6) is 0 Å². The van der Waals surface area contributed by atoms with Gasteiger partial charge in [-0.25, -0.2) is 0 Å². The number of rotatable bonds is 5. The lowest BCUT2D eigenvalue weighted by molar-refractivity contribution is 0.317. The summed E-state index contributed by atoms with van der Waals surface area (Å²) < 4.78 is 5.27. The first-order chi connectivity index (χ1) is 8.69. The number of benzene rings is 1. The number of aromatic nitrogens is 2. The normalized spacial score (nSPS) is 11.1. The molecule has 0 saturated carbocycles. The Morgan fingerprint density at radius 2 is 2.22 bits per heavy atom. The van der Waals surface area contributed by atoms with E-state index in [1.807, 2.05) is 38.2 Å². The lowest BCUT2D eigenvalue weighted by atomic mass is 10.1. The van der Waals surface area contributed by atoms with Gasteiger partial charge in [-0.2, -0.15) is 4.98 Å². The van der Waals surface area contributed by atoms with Crippen molar-refractivity contribution in [3.05, 3.63) is 35.7 Å². The molecule has 2 rings (SSSR count). The largest absolute Gasteiger partial charge is 0.334 e. The van der Waals surface area contributed by atoms with E-state index >= 15 is 0 Å². The zero-order valence-electron chi connectivity index (χ0n) is 10.8. The summed E-state index contributed by atoms with van der Waals surface area (Å²) in [7, 11) is 1.98. The second-order valence-electron chi connectivity index (χ2n) is 4.41. The lowest BCUT2D eigenvalue weighted by Gasteiger charge is -2.11. The number of nitrogens with zero attached hydrogens (tertiary/aromatic N) is 3. The molecule has 1 aromatic carbocycles. The first-order valence-electron chi connectivity index (χ1n) is 5.97. The van der Waals surface area contributed by atoms with Gasteiger partial charge in [0, 0.05) is 18.7 Å². The van der Waals surface area contributed by atoms with Crippen molar-refractivity contribution >= 4 is 0 Å². The van der Waals surface area contributed by atoms with Gasteiger partial charge in [0.05, 0.1) is 6.54 Å². The van der Waals surface area contributed by atoms with E-state index in [0.29, 0.717) is 24.8 Å². The number of aryl methyl sites for hydroxylation is 1. The van der Waals surface area contributed by atoms with Crippen LogP contribution in [0, 0.1) is 6.92 Å². The van der Waals surface area contributed by atoms with E-state index in [4.69, 9.17) is 10.3 Å². The molecule has 0 saturated heterocycles. The smallest absolute Gasteiger partial charge is 0.257 e. The standard InChI is InChI=1S/C13H18N4O/c1-10-4-3-5-11(8-10)13-15-12(16-18-13)9-17(2)7-6-14/h3-5,8H,6-7,9,14H2,1-2H3. The quantitative estimate of drug-likeness (QED) is 0.864. The lowest BCUT2D eigenvalue weighted by Crippen LogP contribution is -2.25. The first-order valence-corrected chi connectivity index (χ1v) is 5.97. The summed E-state index contributed by atoms with van der Waals surface area (Å²) in [6.07, 6.45) is 0. The molecular weight excluding hydrogens is 228 g/mol. The highest BCUT2D eigenvalue weighted by atomic mass is 16.5. The molecule has 0 spiro atoms. The van der Waals surface area contributed by atoms with Crippen LogP contribution in [0.4, 0.5) is 0 Å². The fraction of sp³-hybridized carbons (Fsp3) is 0.385. The van der Waals surface area contributed by atoms with Crippen molar-refractivity contribution in [3.63, 3.8) is 0 Å². The third-order valence-corrected chi connectivity index (χ3v) is 2.66. The molecule has 5 heteroatoms. The van der Waals surface area contributed by atoms with Gasteiger partial charge in [-0.05, 0) is 26.1 Å². The zero-order valence-corrected chi connectivity index (χ0v) is 10.8. The molecule has 0 aliphatic carbocycles. The topological polar surface area (TPSA) is 68.2 Å². The van der Waals surface area contributed by atoms with Crippen LogP contribution in [0.3, 0.4) is 0 Å². The third-order valence-electron chi connectivity index (χ3n) is 2.66. The molecule has 0 atom stereocenters. The Bertz CT molecular complexity index is 509. The maximum Gasteiger partial charge on any atom is 0.257 e. The molecule has 0 radical (unpaired) electrons. The Morgan fingerprint density at radius 1 is 1.39 bits per heavy atom. The van der Waals surface area contributed by atoms with Crippen molar-refractivity contribution < 1.29 is 4.52 Å². The van der Waals surface area contributed by atoms with Crippen LogP contribution in [-0.2, 0) is 6.54 Å². The monoisotopic (exact) mass is 246 g/mol. The molecular formula is C13H18N4O. The van der Waals surface area contributed by atoms with E-state index in [9.17, 15) is 0 Å². The summed E-state index contributed by atoms with van der Waals surface area (Å²) in [6.45, 7) is 4.12. The van der Waals surface area contributed by atoms with Crippen LogP contribution >= 0.6 is 0 Å². The van der Waals surface area contributed by atoms with Crippen LogP contribution in [0.1, 0.15) is 11.4 Å². The summed E-state index contributed by atoms with van der Waals surface area (Å²) in [5.74, 6) is 1.25. The molecule has 96 valence electrons. The molecule has 2 N–H and O–H groups in total. The van der Waals surface area contributed by atoms with E-state index in [2.05, 4.69) is 15.0 Å². The third kappa shape index (κ3) is 3.15. The Hall–Kier alpha value is -1.72. The molecule has 18 heavy (non-hydrogen) atoms. The summed E-state index contributed by atoms with van der Waals surface area (Å²) in [6, 6.07) is 8.01. The van der Waals surface area contributed by atoms with Crippen molar-refractivity contribution in [1.29, 1.82) is 0 Å². The molecule has 0 amide bonds. The SMILES string of the molecule is Cc1cccc(-c2nc(CN(C)CCN)no2)c1. The number of hydrogen-bond acceptors (Lipinski definition) is 5. The van der Waals surface area contributed by atoms with Crippen molar-refractivity contribution in [3.8, 4) is 11.5 Å². The van der Waals surface area contributed by atoms with Gasteiger partial charge in [0.15, 0.2) is 5.82 Å². The predicted octanol–water partition coefficient (Wildman–Crippen LogP) is 1.44. The fourth-order valence-electron chi connectivity index (χ4n) is 1.75. The summed E-state index contributed by atoms with van der Waals surface area (Å²) >= 11 is 0. The molecule has 2 aromatic rings. The highest BCUT2D eigenvalue weighted by Crippen LogP contribution is 2.18. The molecule has 0 unspecified atom stereocenters. The highest BCUT2D eigenvalue weighted by molar-refractivity contribution is 5.53. The average Bonchev–Trinajstić information content (AvgIpc) is 2.78. The summed E-state index contributed by atoms with van der Waals surface area (Å²) in [5, 5.41) is 3.98. The minimum absolute atomic E-state index is 0.565. The Balaban J connectivity index is 2.10. The molecule has 0 bridgehead atoms. The van der Waals surface area contributed by atoms with Crippen molar-refractivity contribution in [2.45, 2.75) is 13.5 Å². The summed E-state index contributed by atoms with van der Waals surface area (Å²) in [5.41, 5.74) is 7.62. The van der Waals surface area contributed by atoms with Gasteiger partial charge in [0.2, 0.25) is 0 Å². The number of nitrogens with two attached hydrogens (primary N) is 1. The molecule has 0 fully saturated rings. The van der Waals surface area contributed by atoms with Crippen LogP contribution in [0.15, 0.2) is 28.8 Å². The van der Waals surface area contributed by atoms with Crippen LogP contribution in [0.2, 0.25) is 0 Å². The van der Waals surface area contributed by atoms with Crippen LogP contribution in [-0.4, -0.2) is 35.2 Å². The maximum absolute atomic E-state index is 5.49. The van der Waals surface area contributed by atoms with Gasteiger partial charge in [-0.1, -0.05) is 22.9 Å². The maximum atomic E-state index is 5.49. The highest BCUT2D eigenvalue weighted by Gasteiger charge is 2.10. The minimum Gasteiger partial charge on any atom is -0.334 e. The van der Waals surface area contributed by atoms with Gasteiger partial charge >= 0.3 is 0 Å². The van der Waals surface area contributed by atoms with Gasteiger partial charge in [0.1, 0.15) is 0 Å².